The Morgan fingerprint density at radius 1 is 1.30 bits per heavy atom. The third-order valence-corrected chi connectivity index (χ3v) is 8.25. The van der Waals surface area contributed by atoms with Crippen molar-refractivity contribution in [3.05, 3.63) is 51.3 Å². The lowest BCUT2D eigenvalue weighted by Crippen LogP contribution is -2.29. The van der Waals surface area contributed by atoms with Gasteiger partial charge in [0.15, 0.2) is 0 Å². The summed E-state index contributed by atoms with van der Waals surface area (Å²) in [7, 11) is -1.77. The Morgan fingerprint density at radius 3 is 2.75 bits per heavy atom. The van der Waals surface area contributed by atoms with Crippen molar-refractivity contribution in [1.29, 1.82) is 0 Å². The van der Waals surface area contributed by atoms with E-state index in [-0.39, 0.29) is 6.04 Å². The molecule has 0 fully saturated rings. The van der Waals surface area contributed by atoms with Crippen LogP contribution in [0.3, 0.4) is 0 Å². The second kappa shape index (κ2) is 5.26. The van der Waals surface area contributed by atoms with Crippen molar-refractivity contribution in [2.45, 2.75) is 23.1 Å². The number of sulfonamides is 1. The van der Waals surface area contributed by atoms with E-state index < -0.39 is 10.0 Å². The van der Waals surface area contributed by atoms with Crippen molar-refractivity contribution in [2.24, 2.45) is 0 Å². The van der Waals surface area contributed by atoms with Crippen LogP contribution in [-0.4, -0.2) is 19.8 Å². The van der Waals surface area contributed by atoms with Crippen LogP contribution in [0, 0.1) is 0 Å². The lowest BCUT2D eigenvalue weighted by Gasteiger charge is -2.24. The lowest BCUT2D eigenvalue weighted by atomic mass is 10.1. The highest BCUT2D eigenvalue weighted by atomic mass is 79.9. The van der Waals surface area contributed by atoms with Crippen LogP contribution < -0.4 is 0 Å². The van der Waals surface area contributed by atoms with Crippen LogP contribution in [0.2, 0.25) is 0 Å². The van der Waals surface area contributed by atoms with Gasteiger partial charge in [0.25, 0.3) is 10.0 Å². The third kappa shape index (κ3) is 2.24. The van der Waals surface area contributed by atoms with Crippen LogP contribution in [-0.2, 0) is 16.4 Å². The number of benzene rings is 1. The number of thiophene rings is 1. The Morgan fingerprint density at radius 2 is 2.05 bits per heavy atom. The predicted molar refractivity (Wildman–Crippen MR) is 84.5 cm³/mol. The van der Waals surface area contributed by atoms with Gasteiger partial charge in [-0.25, -0.2) is 8.42 Å². The molecule has 106 valence electrons. The highest BCUT2D eigenvalue weighted by Gasteiger charge is 2.34. The minimum absolute atomic E-state index is 0.0646. The highest BCUT2D eigenvalue weighted by Crippen LogP contribution is 2.39. The van der Waals surface area contributed by atoms with E-state index in [1.165, 1.54) is 21.2 Å². The van der Waals surface area contributed by atoms with E-state index in [0.29, 0.717) is 8.68 Å². The van der Waals surface area contributed by atoms with E-state index in [1.807, 2.05) is 18.2 Å². The first-order chi connectivity index (χ1) is 9.51. The Balaban J connectivity index is 1.99. The van der Waals surface area contributed by atoms with E-state index in [0.717, 1.165) is 18.4 Å². The molecule has 1 unspecified atom stereocenters. The molecule has 6 heteroatoms. The van der Waals surface area contributed by atoms with E-state index in [9.17, 15) is 8.42 Å². The van der Waals surface area contributed by atoms with E-state index >= 15 is 0 Å². The first-order valence-corrected chi connectivity index (χ1v) is 9.42. The molecule has 1 aliphatic carbocycles. The summed E-state index contributed by atoms with van der Waals surface area (Å²) in [5.74, 6) is 0. The van der Waals surface area contributed by atoms with Gasteiger partial charge in [-0.1, -0.05) is 24.3 Å². The summed E-state index contributed by atoms with van der Waals surface area (Å²) >= 11 is 4.56. The second-order valence-corrected chi connectivity index (χ2v) is 8.79. The molecule has 0 saturated carbocycles. The van der Waals surface area contributed by atoms with Gasteiger partial charge in [0, 0.05) is 11.5 Å². The first-order valence-electron chi connectivity index (χ1n) is 6.30. The summed E-state index contributed by atoms with van der Waals surface area (Å²) in [4.78, 5) is 0. The molecule has 0 N–H and O–H groups in total. The Labute approximate surface area is 131 Å². The van der Waals surface area contributed by atoms with Gasteiger partial charge in [-0.2, -0.15) is 4.31 Å². The van der Waals surface area contributed by atoms with Crippen molar-refractivity contribution in [3.63, 3.8) is 0 Å². The van der Waals surface area contributed by atoms with Crippen molar-refractivity contribution < 1.29 is 8.42 Å². The summed E-state index contributed by atoms with van der Waals surface area (Å²) in [5.41, 5.74) is 2.39. The quantitative estimate of drug-likeness (QED) is 0.822. The fourth-order valence-electron chi connectivity index (χ4n) is 2.67. The predicted octanol–water partition coefficient (Wildman–Crippen LogP) is 3.82. The number of nitrogens with zero attached hydrogens (tertiary/aromatic N) is 1. The van der Waals surface area contributed by atoms with Gasteiger partial charge in [-0.3, -0.25) is 0 Å². The zero-order chi connectivity index (χ0) is 14.3. The molecule has 1 atom stereocenters. The van der Waals surface area contributed by atoms with Gasteiger partial charge in [0.1, 0.15) is 4.21 Å². The number of hydrogen-bond acceptors (Lipinski definition) is 3. The fourth-order valence-corrected chi connectivity index (χ4v) is 6.52. The fraction of sp³-hybridized carbons (Fsp3) is 0.286. The van der Waals surface area contributed by atoms with Gasteiger partial charge in [0.05, 0.1) is 6.04 Å². The monoisotopic (exact) mass is 371 g/mol. The summed E-state index contributed by atoms with van der Waals surface area (Å²) in [6.45, 7) is 0. The topological polar surface area (TPSA) is 37.4 Å². The molecule has 0 saturated heterocycles. The molecule has 1 heterocycles. The Hall–Kier alpha value is -0.690. The average molecular weight is 372 g/mol. The van der Waals surface area contributed by atoms with E-state index in [4.69, 9.17) is 0 Å². The van der Waals surface area contributed by atoms with Crippen molar-refractivity contribution in [1.82, 2.24) is 4.31 Å². The van der Waals surface area contributed by atoms with E-state index in [2.05, 4.69) is 22.0 Å². The second-order valence-electron chi connectivity index (χ2n) is 4.83. The third-order valence-electron chi connectivity index (χ3n) is 3.74. The van der Waals surface area contributed by atoms with Crippen molar-refractivity contribution >= 4 is 37.3 Å². The molecular formula is C14H14BrNO2S2. The highest BCUT2D eigenvalue weighted by molar-refractivity contribution is 9.10. The maximum Gasteiger partial charge on any atom is 0.254 e. The maximum absolute atomic E-state index is 12.7. The molecule has 0 radical (unpaired) electrons. The maximum atomic E-state index is 12.7. The summed E-state index contributed by atoms with van der Waals surface area (Å²) in [6.07, 6.45) is 1.78. The Kier molecular flexibility index (Phi) is 3.75. The molecule has 0 amide bonds. The number of halogens is 1. The standard InChI is InChI=1S/C14H14BrNO2S2/c1-16(20(17,18)14-12(15)8-9-19-14)13-7-6-10-4-2-3-5-11(10)13/h2-5,8-9,13H,6-7H2,1H3. The molecule has 1 aliphatic rings. The van der Waals surface area contributed by atoms with Gasteiger partial charge in [-0.05, 0) is 51.3 Å². The number of hydrogen-bond donors (Lipinski definition) is 0. The normalized spacial score (nSPS) is 18.4. The zero-order valence-corrected chi connectivity index (χ0v) is 14.1. The van der Waals surface area contributed by atoms with Crippen LogP contribution in [0.15, 0.2) is 44.4 Å². The van der Waals surface area contributed by atoms with Crippen LogP contribution in [0.5, 0.6) is 0 Å². The summed E-state index contributed by atoms with van der Waals surface area (Å²) < 4.78 is 28.0. The molecule has 0 bridgehead atoms. The molecule has 3 nitrogen and oxygen atoms in total. The van der Waals surface area contributed by atoms with Crippen LogP contribution in [0.25, 0.3) is 0 Å². The number of aryl methyl sites for hydroxylation is 1. The molecule has 2 aromatic rings. The van der Waals surface area contributed by atoms with Gasteiger partial charge >= 0.3 is 0 Å². The SMILES string of the molecule is CN(C1CCc2ccccc21)S(=O)(=O)c1sccc1Br. The van der Waals surface area contributed by atoms with Crippen molar-refractivity contribution in [3.8, 4) is 0 Å². The van der Waals surface area contributed by atoms with Crippen LogP contribution >= 0.6 is 27.3 Å². The molecule has 0 spiro atoms. The minimum atomic E-state index is -3.45. The smallest absolute Gasteiger partial charge is 0.206 e. The first kappa shape index (κ1) is 14.3. The van der Waals surface area contributed by atoms with Crippen LogP contribution in [0.4, 0.5) is 0 Å². The molecule has 1 aromatic heterocycles. The number of rotatable bonds is 3. The molecule has 3 rings (SSSR count). The van der Waals surface area contributed by atoms with Crippen molar-refractivity contribution in [2.75, 3.05) is 7.05 Å². The summed E-state index contributed by atoms with van der Waals surface area (Å²) in [6, 6.07) is 9.79. The lowest BCUT2D eigenvalue weighted by molar-refractivity contribution is 0.375. The van der Waals surface area contributed by atoms with Gasteiger partial charge in [-0.15, -0.1) is 11.3 Å². The van der Waals surface area contributed by atoms with Gasteiger partial charge in [0.2, 0.25) is 0 Å². The van der Waals surface area contributed by atoms with Gasteiger partial charge < -0.3 is 0 Å². The molecule has 0 aliphatic heterocycles. The summed E-state index contributed by atoms with van der Waals surface area (Å²) in [5, 5.41) is 1.79. The molecular weight excluding hydrogens is 358 g/mol. The number of fused-ring (bicyclic) bond motifs is 1. The molecule has 1 aromatic carbocycles. The molecule has 20 heavy (non-hydrogen) atoms. The van der Waals surface area contributed by atoms with Crippen LogP contribution in [0.1, 0.15) is 23.6 Å². The largest absolute Gasteiger partial charge is 0.254 e. The minimum Gasteiger partial charge on any atom is -0.206 e. The average Bonchev–Trinajstić information content (AvgIpc) is 3.04. The van der Waals surface area contributed by atoms with E-state index in [1.54, 1.807) is 18.5 Å². The zero-order valence-electron chi connectivity index (χ0n) is 10.9. The Bertz CT molecular complexity index is 739.